The van der Waals surface area contributed by atoms with Gasteiger partial charge in [-0.25, -0.2) is 0 Å². The number of fused-ring (bicyclic) bond motifs is 2. The second-order valence-corrected chi connectivity index (χ2v) is 11.5. The largest absolute Gasteiger partial charge is 0.465 e. The van der Waals surface area contributed by atoms with Crippen LogP contribution in [0, 0.1) is 0 Å². The van der Waals surface area contributed by atoms with Crippen LogP contribution in [0.25, 0.3) is 22.3 Å². The highest BCUT2D eigenvalue weighted by molar-refractivity contribution is 7.85. The van der Waals surface area contributed by atoms with Crippen molar-refractivity contribution in [2.75, 3.05) is 22.5 Å². The van der Waals surface area contributed by atoms with E-state index in [2.05, 4.69) is 23.5 Å². The zero-order valence-corrected chi connectivity index (χ0v) is 23.3. The average Bonchev–Trinajstić information content (AvgIpc) is 3.55. The molecule has 0 aromatic heterocycles. The van der Waals surface area contributed by atoms with Crippen molar-refractivity contribution in [2.45, 2.75) is 19.6 Å². The normalized spacial score (nSPS) is 17.0. The lowest BCUT2D eigenvalue weighted by molar-refractivity contribution is 0.301. The fourth-order valence-electron chi connectivity index (χ4n) is 5.03. The van der Waals surface area contributed by atoms with Gasteiger partial charge in [0, 0.05) is 12.6 Å². The Hall–Kier alpha value is -4.53. The van der Waals surface area contributed by atoms with Crippen molar-refractivity contribution in [3.05, 3.63) is 121 Å². The second kappa shape index (κ2) is 11.2. The van der Waals surface area contributed by atoms with Gasteiger partial charge in [0.25, 0.3) is 10.1 Å². The fraction of sp³-hybridized carbons (Fsp3) is 0.152. The lowest BCUT2D eigenvalue weighted by Crippen LogP contribution is -2.27. The van der Waals surface area contributed by atoms with E-state index in [4.69, 9.17) is 9.47 Å². The summed E-state index contributed by atoms with van der Waals surface area (Å²) in [6.07, 6.45) is 4.22. The highest BCUT2D eigenvalue weighted by Crippen LogP contribution is 2.42. The molecule has 6 rings (SSSR count). The van der Waals surface area contributed by atoms with Crippen molar-refractivity contribution in [3.63, 3.8) is 0 Å². The fourth-order valence-corrected chi connectivity index (χ4v) is 5.44. The number of ether oxygens (including phenoxy) is 2. The van der Waals surface area contributed by atoms with Crippen LogP contribution in [0.15, 0.2) is 121 Å². The van der Waals surface area contributed by atoms with Crippen molar-refractivity contribution < 1.29 is 22.4 Å². The number of nitrogens with zero attached hydrogens (tertiary/aromatic N) is 1. The summed E-state index contributed by atoms with van der Waals surface area (Å²) in [4.78, 5) is 1.79. The highest BCUT2D eigenvalue weighted by Gasteiger charge is 2.28. The Balaban J connectivity index is 1.27. The number of hydrogen-bond acceptors (Lipinski definition) is 6. The van der Waals surface area contributed by atoms with E-state index in [0.717, 1.165) is 45.0 Å². The summed E-state index contributed by atoms with van der Waals surface area (Å²) in [5.41, 5.74) is 6.86. The van der Waals surface area contributed by atoms with Gasteiger partial charge in [0.05, 0.1) is 17.1 Å². The summed E-state index contributed by atoms with van der Waals surface area (Å²) < 4.78 is 45.2. The standard InChI is InChI=1S/C33H30N2O5S/c1-2-23(19-32-34-28-21-26(13-15-30(28)39-32)24-9-5-3-6-10-24)20-33-35(17-18-41(36,37)38)29-22-27(14-16-31(29)40-33)25-11-7-4-8-12-25/h3-16,19-22,32,34H,2,17-18H2,1H3,(H,36,37,38). The van der Waals surface area contributed by atoms with Crippen LogP contribution >= 0.6 is 0 Å². The van der Waals surface area contributed by atoms with Gasteiger partial charge in [-0.05, 0) is 64.6 Å². The lowest BCUT2D eigenvalue weighted by atomic mass is 10.0. The molecular weight excluding hydrogens is 536 g/mol. The van der Waals surface area contributed by atoms with Gasteiger partial charge in [-0.2, -0.15) is 8.42 Å². The second-order valence-electron chi connectivity index (χ2n) is 9.93. The van der Waals surface area contributed by atoms with E-state index in [9.17, 15) is 13.0 Å². The molecule has 4 aromatic rings. The van der Waals surface area contributed by atoms with Crippen LogP contribution in [-0.2, 0) is 10.1 Å². The van der Waals surface area contributed by atoms with Gasteiger partial charge in [-0.3, -0.25) is 4.55 Å². The predicted molar refractivity (Wildman–Crippen MR) is 163 cm³/mol. The number of benzene rings is 4. The molecule has 7 nitrogen and oxygen atoms in total. The smallest absolute Gasteiger partial charge is 0.266 e. The van der Waals surface area contributed by atoms with E-state index in [-0.39, 0.29) is 12.8 Å². The molecule has 2 N–H and O–H groups in total. The number of anilines is 2. The molecule has 41 heavy (non-hydrogen) atoms. The van der Waals surface area contributed by atoms with Crippen molar-refractivity contribution in [1.29, 1.82) is 0 Å². The monoisotopic (exact) mass is 566 g/mol. The third-order valence-corrected chi connectivity index (χ3v) is 7.83. The summed E-state index contributed by atoms with van der Waals surface area (Å²) in [6.45, 7) is 2.08. The first-order chi connectivity index (χ1) is 19.9. The van der Waals surface area contributed by atoms with E-state index in [1.807, 2.05) is 97.9 Å². The summed E-state index contributed by atoms with van der Waals surface area (Å²) >= 11 is 0. The molecule has 1 unspecified atom stereocenters. The van der Waals surface area contributed by atoms with Crippen molar-refractivity contribution >= 4 is 21.5 Å². The molecule has 2 aliphatic rings. The number of allylic oxidation sites excluding steroid dienone is 2. The van der Waals surface area contributed by atoms with Crippen molar-refractivity contribution in [2.24, 2.45) is 0 Å². The molecule has 208 valence electrons. The van der Waals surface area contributed by atoms with Crippen LogP contribution in [0.3, 0.4) is 0 Å². The Morgan fingerprint density at radius 2 is 1.51 bits per heavy atom. The van der Waals surface area contributed by atoms with Gasteiger partial charge in [-0.15, -0.1) is 0 Å². The molecule has 2 aliphatic heterocycles. The van der Waals surface area contributed by atoms with E-state index < -0.39 is 15.9 Å². The van der Waals surface area contributed by atoms with Crippen molar-refractivity contribution in [3.8, 4) is 33.8 Å². The molecule has 0 spiro atoms. The molecule has 4 aromatic carbocycles. The Morgan fingerprint density at radius 3 is 2.15 bits per heavy atom. The Kier molecular flexibility index (Phi) is 7.26. The quantitative estimate of drug-likeness (QED) is 0.220. The summed E-state index contributed by atoms with van der Waals surface area (Å²) in [7, 11) is -4.18. The van der Waals surface area contributed by atoms with Crippen LogP contribution in [0.1, 0.15) is 13.3 Å². The molecule has 0 saturated carbocycles. The summed E-state index contributed by atoms with van der Waals surface area (Å²) in [6, 6.07) is 32.1. The third-order valence-electron chi connectivity index (χ3n) is 7.13. The zero-order valence-electron chi connectivity index (χ0n) is 22.5. The maximum absolute atomic E-state index is 11.7. The molecule has 8 heteroatoms. The van der Waals surface area contributed by atoms with Crippen LogP contribution in [0.4, 0.5) is 11.4 Å². The van der Waals surface area contributed by atoms with Crippen LogP contribution in [0.2, 0.25) is 0 Å². The number of nitrogens with one attached hydrogen (secondary N) is 1. The maximum Gasteiger partial charge on any atom is 0.266 e. The Morgan fingerprint density at radius 1 is 0.878 bits per heavy atom. The molecule has 0 saturated heterocycles. The van der Waals surface area contributed by atoms with Crippen molar-refractivity contribution in [1.82, 2.24) is 0 Å². The molecule has 2 heterocycles. The van der Waals surface area contributed by atoms with Gasteiger partial charge in [0.15, 0.2) is 12.0 Å². The zero-order chi connectivity index (χ0) is 28.4. The third kappa shape index (κ3) is 5.99. The topological polar surface area (TPSA) is 88.1 Å². The average molecular weight is 567 g/mol. The molecule has 0 amide bonds. The minimum absolute atomic E-state index is 0.0405. The first-order valence-electron chi connectivity index (χ1n) is 13.5. The minimum atomic E-state index is -4.18. The maximum atomic E-state index is 11.7. The van der Waals surface area contributed by atoms with Gasteiger partial charge in [-0.1, -0.05) is 79.7 Å². The molecule has 0 aliphatic carbocycles. The van der Waals surface area contributed by atoms with Gasteiger partial charge in [0.2, 0.25) is 5.88 Å². The van der Waals surface area contributed by atoms with Crippen LogP contribution in [0.5, 0.6) is 11.5 Å². The number of hydrogen-bond donors (Lipinski definition) is 2. The molecule has 0 bridgehead atoms. The van der Waals surface area contributed by atoms with E-state index in [0.29, 0.717) is 18.1 Å². The first kappa shape index (κ1) is 26.7. The van der Waals surface area contributed by atoms with Gasteiger partial charge in [0.1, 0.15) is 5.75 Å². The molecular formula is C33H30N2O5S. The van der Waals surface area contributed by atoms with Gasteiger partial charge >= 0.3 is 0 Å². The van der Waals surface area contributed by atoms with Crippen LogP contribution < -0.4 is 19.7 Å². The SMILES string of the molecule is CCC(=CC1Nc2cc(-c3ccccc3)ccc2O1)C=C1Oc2ccc(-c3ccccc3)cc2N1CCS(=O)(=O)O. The van der Waals surface area contributed by atoms with E-state index in [1.54, 1.807) is 4.90 Å². The predicted octanol–water partition coefficient (Wildman–Crippen LogP) is 7.12. The van der Waals surface area contributed by atoms with E-state index >= 15 is 0 Å². The highest BCUT2D eigenvalue weighted by atomic mass is 32.2. The lowest BCUT2D eigenvalue weighted by Gasteiger charge is -2.18. The Labute approximate surface area is 240 Å². The molecule has 1 atom stereocenters. The molecule has 0 radical (unpaired) electrons. The van der Waals surface area contributed by atoms with Crippen LogP contribution in [-0.4, -0.2) is 31.5 Å². The summed E-state index contributed by atoms with van der Waals surface area (Å²) in [5.74, 6) is 1.46. The number of rotatable bonds is 8. The van der Waals surface area contributed by atoms with E-state index in [1.165, 1.54) is 0 Å². The molecule has 0 fully saturated rings. The minimum Gasteiger partial charge on any atom is -0.465 e. The first-order valence-corrected chi connectivity index (χ1v) is 15.1. The van der Waals surface area contributed by atoms with Gasteiger partial charge < -0.3 is 19.7 Å². The summed E-state index contributed by atoms with van der Waals surface area (Å²) in [5, 5.41) is 3.44. The Bertz CT molecular complexity index is 1730.